The Morgan fingerprint density at radius 3 is 2.62 bits per heavy atom. The third kappa shape index (κ3) is 2.81. The molecule has 3 heterocycles. The zero-order valence-electron chi connectivity index (χ0n) is 13.5. The van der Waals surface area contributed by atoms with E-state index in [1.807, 2.05) is 30.3 Å². The van der Waals surface area contributed by atoms with Crippen molar-refractivity contribution < 1.29 is 19.4 Å². The molecule has 3 aliphatic heterocycles. The fourth-order valence-corrected chi connectivity index (χ4v) is 6.40. The number of hydrogen-bond acceptors (Lipinski definition) is 6. The number of nitrogens with zero attached hydrogens (tertiary/aromatic N) is 2. The molecule has 24 heavy (non-hydrogen) atoms. The Kier molecular flexibility index (Phi) is 5.10. The molecule has 3 aliphatic rings. The van der Waals surface area contributed by atoms with Crippen molar-refractivity contribution in [2.45, 2.75) is 22.8 Å². The summed E-state index contributed by atoms with van der Waals surface area (Å²) < 4.78 is 5.78. The van der Waals surface area contributed by atoms with Crippen molar-refractivity contribution in [1.82, 2.24) is 9.80 Å². The third-order valence-corrected chi connectivity index (χ3v) is 7.93. The van der Waals surface area contributed by atoms with Crippen LogP contribution in [0.1, 0.15) is 5.56 Å². The number of hydrogen-bond donors (Lipinski definition) is 1. The first-order valence-electron chi connectivity index (χ1n) is 7.63. The summed E-state index contributed by atoms with van der Waals surface area (Å²) in [5.74, 6) is -0.398. The molecule has 1 aromatic carbocycles. The molecule has 3 atom stereocenters. The summed E-state index contributed by atoms with van der Waals surface area (Å²) in [5, 5.41) is 9.38. The van der Waals surface area contributed by atoms with Gasteiger partial charge in [0, 0.05) is 14.1 Å². The van der Waals surface area contributed by atoms with Crippen molar-refractivity contribution in [2.75, 3.05) is 27.3 Å². The smallest absolute Gasteiger partial charge is 0.262 e. The predicted molar refractivity (Wildman–Crippen MR) is 94.2 cm³/mol. The second-order valence-corrected chi connectivity index (χ2v) is 8.54. The van der Waals surface area contributed by atoms with Crippen LogP contribution in [0.3, 0.4) is 0 Å². The average Bonchev–Trinajstić information content (AvgIpc) is 2.74. The van der Waals surface area contributed by atoms with Crippen LogP contribution in [0.2, 0.25) is 0 Å². The summed E-state index contributed by atoms with van der Waals surface area (Å²) in [5.41, 5.74) is 1.04. The summed E-state index contributed by atoms with van der Waals surface area (Å²) in [6, 6.07) is 9.41. The Balaban J connectivity index is 1.76. The van der Waals surface area contributed by atoms with Crippen LogP contribution in [0.25, 0.3) is 0 Å². The quantitative estimate of drug-likeness (QED) is 0.781. The van der Waals surface area contributed by atoms with Crippen LogP contribution in [0, 0.1) is 0 Å². The first kappa shape index (κ1) is 17.6. The van der Waals surface area contributed by atoms with Crippen molar-refractivity contribution >= 4 is 33.4 Å². The molecule has 3 fully saturated rings. The van der Waals surface area contributed by atoms with E-state index in [4.69, 9.17) is 4.74 Å². The second kappa shape index (κ2) is 6.95. The van der Waals surface area contributed by atoms with Crippen LogP contribution in [0.15, 0.2) is 30.3 Å². The SMILES string of the molecule is CN1C(=O)[C@]2(CO)SSC(C(=O)N2C)[C@H]1COCc1ccccc1. The third-order valence-electron chi connectivity index (χ3n) is 4.52. The fourth-order valence-electron chi connectivity index (χ4n) is 2.91. The van der Waals surface area contributed by atoms with Gasteiger partial charge in [-0.05, 0) is 5.56 Å². The molecule has 4 rings (SSSR count). The van der Waals surface area contributed by atoms with Gasteiger partial charge in [-0.3, -0.25) is 9.59 Å². The molecule has 8 heteroatoms. The average molecular weight is 368 g/mol. The molecule has 1 unspecified atom stereocenters. The maximum absolute atomic E-state index is 12.8. The Labute approximate surface area is 148 Å². The zero-order valence-corrected chi connectivity index (χ0v) is 15.2. The maximum Gasteiger partial charge on any atom is 0.262 e. The van der Waals surface area contributed by atoms with Gasteiger partial charge in [0.1, 0.15) is 5.25 Å². The summed E-state index contributed by atoms with van der Waals surface area (Å²) >= 11 is 0. The molecular weight excluding hydrogens is 348 g/mol. The molecule has 0 spiro atoms. The lowest BCUT2D eigenvalue weighted by molar-refractivity contribution is -0.144. The van der Waals surface area contributed by atoms with Gasteiger partial charge in [-0.1, -0.05) is 51.9 Å². The van der Waals surface area contributed by atoms with E-state index < -0.39 is 16.7 Å². The molecule has 3 saturated heterocycles. The minimum atomic E-state index is -1.23. The number of aliphatic hydroxyl groups excluding tert-OH is 1. The molecule has 1 N–H and O–H groups in total. The molecule has 2 amide bonds. The molecule has 6 nitrogen and oxygen atoms in total. The maximum atomic E-state index is 12.8. The van der Waals surface area contributed by atoms with Crippen molar-refractivity contribution in [3.63, 3.8) is 0 Å². The predicted octanol–water partition coefficient (Wildman–Crippen LogP) is 0.954. The highest BCUT2D eigenvalue weighted by molar-refractivity contribution is 8.78. The van der Waals surface area contributed by atoms with Gasteiger partial charge in [0.25, 0.3) is 5.91 Å². The number of carbonyl (C=O) groups is 2. The van der Waals surface area contributed by atoms with Gasteiger partial charge in [-0.2, -0.15) is 0 Å². The van der Waals surface area contributed by atoms with E-state index in [9.17, 15) is 14.7 Å². The number of amides is 2. The van der Waals surface area contributed by atoms with Crippen molar-refractivity contribution in [2.24, 2.45) is 0 Å². The molecule has 2 bridgehead atoms. The molecule has 130 valence electrons. The molecule has 0 aliphatic carbocycles. The van der Waals surface area contributed by atoms with Crippen molar-refractivity contribution in [3.05, 3.63) is 35.9 Å². The minimum absolute atomic E-state index is 0.140. The van der Waals surface area contributed by atoms with E-state index in [2.05, 4.69) is 0 Å². The van der Waals surface area contributed by atoms with Crippen LogP contribution in [0.4, 0.5) is 0 Å². The lowest BCUT2D eigenvalue weighted by Gasteiger charge is -2.40. The molecular formula is C16H20N2O4S2. The number of fused-ring (bicyclic) bond motifs is 4. The summed E-state index contributed by atoms with van der Waals surface area (Å²) in [7, 11) is 5.87. The minimum Gasteiger partial charge on any atom is -0.392 e. The van der Waals surface area contributed by atoms with Gasteiger partial charge in [-0.25, -0.2) is 0 Å². The molecule has 0 radical (unpaired) electrons. The van der Waals surface area contributed by atoms with Gasteiger partial charge in [0.05, 0.1) is 25.9 Å². The Bertz CT molecular complexity index is 630. The number of rotatable bonds is 5. The van der Waals surface area contributed by atoms with E-state index in [0.29, 0.717) is 6.61 Å². The van der Waals surface area contributed by atoms with E-state index >= 15 is 0 Å². The highest BCUT2D eigenvalue weighted by Gasteiger charge is 2.59. The summed E-state index contributed by atoms with van der Waals surface area (Å²) in [4.78, 5) is 27.2. The summed E-state index contributed by atoms with van der Waals surface area (Å²) in [6.45, 7) is 0.302. The molecule has 0 saturated carbocycles. The van der Waals surface area contributed by atoms with Crippen LogP contribution in [-0.4, -0.2) is 70.2 Å². The highest BCUT2D eigenvalue weighted by atomic mass is 33.1. The van der Waals surface area contributed by atoms with Crippen LogP contribution in [0.5, 0.6) is 0 Å². The van der Waals surface area contributed by atoms with Crippen LogP contribution < -0.4 is 0 Å². The summed E-state index contributed by atoms with van der Waals surface area (Å²) in [6.07, 6.45) is 0. The monoisotopic (exact) mass is 368 g/mol. The van der Waals surface area contributed by atoms with Crippen LogP contribution in [-0.2, 0) is 20.9 Å². The second-order valence-electron chi connectivity index (χ2n) is 5.92. The highest BCUT2D eigenvalue weighted by Crippen LogP contribution is 2.51. The molecule has 1 aromatic rings. The number of benzene rings is 1. The van der Waals surface area contributed by atoms with Crippen molar-refractivity contribution in [1.29, 1.82) is 0 Å². The molecule has 0 aromatic heterocycles. The zero-order chi connectivity index (χ0) is 17.3. The van der Waals surface area contributed by atoms with E-state index in [1.54, 1.807) is 19.0 Å². The number of likely N-dealkylation sites (N-methyl/N-ethyl adjacent to an activating group) is 2. The Morgan fingerprint density at radius 1 is 1.25 bits per heavy atom. The normalized spacial score (nSPS) is 30.0. The first-order valence-corrected chi connectivity index (χ1v) is 9.84. The topological polar surface area (TPSA) is 70.1 Å². The van der Waals surface area contributed by atoms with Crippen LogP contribution >= 0.6 is 21.6 Å². The first-order chi connectivity index (χ1) is 11.5. The van der Waals surface area contributed by atoms with Gasteiger partial charge in [0.2, 0.25) is 10.8 Å². The Morgan fingerprint density at radius 2 is 1.96 bits per heavy atom. The van der Waals surface area contributed by atoms with E-state index in [-0.39, 0.29) is 24.5 Å². The number of carbonyl (C=O) groups excluding carboxylic acids is 2. The van der Waals surface area contributed by atoms with E-state index in [1.165, 1.54) is 26.5 Å². The van der Waals surface area contributed by atoms with Crippen molar-refractivity contribution in [3.8, 4) is 0 Å². The number of ether oxygens (including phenoxy) is 1. The standard InChI is InChI=1S/C16H20N2O4S2/c1-17-12(9-22-8-11-6-4-3-5-7-11)13-14(20)18(2)16(10-19,15(17)21)24-23-13/h3-7,12-13,19H,8-10H2,1-2H3/t12-,13?,16+/m1/s1. The van der Waals surface area contributed by atoms with E-state index in [0.717, 1.165) is 5.56 Å². The Hall–Kier alpha value is -1.22. The lowest BCUT2D eigenvalue weighted by atomic mass is 10.2. The lowest BCUT2D eigenvalue weighted by Crippen LogP contribution is -2.58. The fraction of sp³-hybridized carbons (Fsp3) is 0.500. The van der Waals surface area contributed by atoms with Gasteiger partial charge in [0.15, 0.2) is 0 Å². The van der Waals surface area contributed by atoms with Gasteiger partial charge >= 0.3 is 0 Å². The largest absolute Gasteiger partial charge is 0.392 e. The van der Waals surface area contributed by atoms with Gasteiger partial charge < -0.3 is 19.6 Å². The number of aliphatic hydroxyl groups is 1. The van der Waals surface area contributed by atoms with Gasteiger partial charge in [-0.15, -0.1) is 0 Å².